The summed E-state index contributed by atoms with van der Waals surface area (Å²) in [6.45, 7) is 1.74. The molecule has 15 heavy (non-hydrogen) atoms. The number of hydrogen-bond acceptors (Lipinski definition) is 2. The van der Waals surface area contributed by atoms with E-state index < -0.39 is 5.92 Å². The molecule has 1 aliphatic rings. The van der Waals surface area contributed by atoms with Crippen molar-refractivity contribution in [2.75, 3.05) is 7.11 Å². The summed E-state index contributed by atoms with van der Waals surface area (Å²) < 4.78 is 26.4. The lowest BCUT2D eigenvalue weighted by molar-refractivity contribution is -0.00968. The van der Waals surface area contributed by atoms with Crippen LogP contribution >= 0.6 is 0 Å². The number of carbonyl (C=O) groups is 1. The molecule has 0 fully saturated rings. The van der Waals surface area contributed by atoms with Crippen LogP contribution in [0, 0.1) is 0 Å². The van der Waals surface area contributed by atoms with Crippen LogP contribution < -0.4 is 0 Å². The molecule has 0 amide bonds. The Hall–Kier alpha value is -1.23. The predicted octanol–water partition coefficient (Wildman–Crippen LogP) is 2.03. The molecule has 0 aliphatic heterocycles. The number of fused-ring (bicyclic) bond motifs is 1. The Morgan fingerprint density at radius 3 is 2.67 bits per heavy atom. The fraction of sp³-hybridized carbons (Fsp3) is 0.500. The van der Waals surface area contributed by atoms with Crippen molar-refractivity contribution in [1.29, 1.82) is 0 Å². The van der Waals surface area contributed by atoms with Gasteiger partial charge < -0.3 is 10.1 Å². The van der Waals surface area contributed by atoms with Gasteiger partial charge in [-0.3, -0.25) is 4.79 Å². The van der Waals surface area contributed by atoms with E-state index in [0.29, 0.717) is 11.8 Å². The van der Waals surface area contributed by atoms with Crippen LogP contribution in [0.2, 0.25) is 0 Å². The second kappa shape index (κ2) is 4.10. The number of alkyl halides is 2. The normalized spacial score (nSPS) is 21.5. The van der Waals surface area contributed by atoms with Crippen LogP contribution in [0.5, 0.6) is 0 Å². The van der Waals surface area contributed by atoms with Gasteiger partial charge in [-0.25, -0.2) is 0 Å². The Balaban J connectivity index is 0.000000531. The third kappa shape index (κ3) is 1.92. The van der Waals surface area contributed by atoms with Crippen LogP contribution in [-0.4, -0.2) is 23.5 Å². The molecule has 0 saturated heterocycles. The van der Waals surface area contributed by atoms with Gasteiger partial charge in [0.05, 0.1) is 11.4 Å². The molecule has 1 aromatic heterocycles. The third-order valence-electron chi connectivity index (χ3n) is 2.46. The first-order chi connectivity index (χ1) is 7.04. The lowest BCUT2D eigenvalue weighted by atomic mass is 10.1. The zero-order valence-electron chi connectivity index (χ0n) is 8.55. The molecule has 0 saturated carbocycles. The molecule has 1 atom stereocenters. The number of hydrogen-bond donors (Lipinski definition) is 2. The Morgan fingerprint density at radius 2 is 2.20 bits per heavy atom. The van der Waals surface area contributed by atoms with E-state index in [1.165, 1.54) is 6.07 Å². The van der Waals surface area contributed by atoms with Crippen molar-refractivity contribution in [3.63, 3.8) is 0 Å². The summed E-state index contributed by atoms with van der Waals surface area (Å²) in [6, 6.07) is 1.51. The number of H-pyrrole nitrogens is 1. The number of nitrogens with one attached hydrogen (secondary N) is 1. The summed E-state index contributed by atoms with van der Waals surface area (Å²) in [5.74, 6) is -2.97. The number of halogens is 2. The number of aliphatic hydroxyl groups excluding tert-OH is 1. The first-order valence-electron chi connectivity index (χ1n) is 4.55. The molecule has 0 radical (unpaired) electrons. The van der Waals surface area contributed by atoms with Crippen LogP contribution in [-0.2, 0) is 5.92 Å². The van der Waals surface area contributed by atoms with E-state index >= 15 is 0 Å². The maximum atomic E-state index is 13.2. The Morgan fingerprint density at radius 1 is 1.60 bits per heavy atom. The minimum Gasteiger partial charge on any atom is -0.400 e. The lowest BCUT2D eigenvalue weighted by Crippen LogP contribution is -2.09. The number of rotatable bonds is 1. The fourth-order valence-electron chi connectivity index (χ4n) is 1.84. The molecule has 2 N–H and O–H groups in total. The van der Waals surface area contributed by atoms with Crippen molar-refractivity contribution < 1.29 is 18.7 Å². The molecule has 5 heteroatoms. The smallest absolute Gasteiger partial charge is 0.288 e. The van der Waals surface area contributed by atoms with Gasteiger partial charge in [0, 0.05) is 13.5 Å². The highest BCUT2D eigenvalue weighted by Crippen LogP contribution is 2.47. The van der Waals surface area contributed by atoms with Crippen LogP contribution in [0.4, 0.5) is 8.78 Å². The Labute approximate surface area is 86.1 Å². The lowest BCUT2D eigenvalue weighted by Gasteiger charge is -2.08. The Bertz CT molecular complexity index is 360. The largest absolute Gasteiger partial charge is 0.400 e. The molecule has 2 rings (SSSR count). The summed E-state index contributed by atoms with van der Waals surface area (Å²) in [6.07, 6.45) is 0.397. The molecule has 84 valence electrons. The summed E-state index contributed by atoms with van der Waals surface area (Å²) in [4.78, 5) is 12.8. The van der Waals surface area contributed by atoms with E-state index in [1.807, 2.05) is 0 Å². The van der Waals surface area contributed by atoms with Crippen LogP contribution in [0.3, 0.4) is 0 Å². The van der Waals surface area contributed by atoms with E-state index in [9.17, 15) is 13.6 Å². The second-order valence-electron chi connectivity index (χ2n) is 3.48. The van der Waals surface area contributed by atoms with Gasteiger partial charge in [-0.05, 0) is 17.5 Å². The maximum absolute atomic E-state index is 13.2. The Kier molecular flexibility index (Phi) is 3.24. The van der Waals surface area contributed by atoms with E-state index in [2.05, 4.69) is 4.98 Å². The molecule has 1 aliphatic carbocycles. The quantitative estimate of drug-likeness (QED) is 0.707. The highest BCUT2D eigenvalue weighted by atomic mass is 19.3. The van der Waals surface area contributed by atoms with E-state index in [-0.39, 0.29) is 23.7 Å². The summed E-state index contributed by atoms with van der Waals surface area (Å²) in [5.41, 5.74) is 0.727. The molecule has 1 heterocycles. The maximum Gasteiger partial charge on any atom is 0.288 e. The standard InChI is InChI=1S/C9H9F2NO.CH4O/c1-5-3-9(10,11)8-7(5)2-6(4-13)12-8;1-2/h2,4-5,12H,3H2,1H3;2H,1H3. The molecule has 0 spiro atoms. The zero-order chi connectivity index (χ0) is 11.6. The van der Waals surface area contributed by atoms with Crippen LogP contribution in [0.25, 0.3) is 0 Å². The summed E-state index contributed by atoms with van der Waals surface area (Å²) in [5, 5.41) is 7.00. The van der Waals surface area contributed by atoms with Gasteiger partial charge in [0.15, 0.2) is 6.29 Å². The van der Waals surface area contributed by atoms with Crippen LogP contribution in [0.15, 0.2) is 6.07 Å². The number of aromatic amines is 1. The highest BCUT2D eigenvalue weighted by molar-refractivity contribution is 5.73. The van der Waals surface area contributed by atoms with E-state index in [1.54, 1.807) is 6.92 Å². The van der Waals surface area contributed by atoms with Gasteiger partial charge in [0.1, 0.15) is 0 Å². The van der Waals surface area contributed by atoms with E-state index in [0.717, 1.165) is 7.11 Å². The number of aromatic nitrogens is 1. The average Bonchev–Trinajstić information content (AvgIpc) is 2.71. The minimum absolute atomic E-state index is 0.0814. The van der Waals surface area contributed by atoms with Crippen molar-refractivity contribution >= 4 is 6.29 Å². The number of aldehydes is 1. The van der Waals surface area contributed by atoms with E-state index in [4.69, 9.17) is 5.11 Å². The van der Waals surface area contributed by atoms with Crippen molar-refractivity contribution in [2.24, 2.45) is 0 Å². The summed E-state index contributed by atoms with van der Waals surface area (Å²) in [7, 11) is 1.00. The summed E-state index contributed by atoms with van der Waals surface area (Å²) >= 11 is 0. The van der Waals surface area contributed by atoms with Crippen molar-refractivity contribution in [1.82, 2.24) is 4.98 Å². The minimum atomic E-state index is -2.80. The molecule has 1 unspecified atom stereocenters. The van der Waals surface area contributed by atoms with Gasteiger partial charge >= 0.3 is 0 Å². The molecular formula is C10H13F2NO2. The van der Waals surface area contributed by atoms with Gasteiger partial charge in [-0.2, -0.15) is 8.78 Å². The monoisotopic (exact) mass is 217 g/mol. The predicted molar refractivity (Wildman–Crippen MR) is 51.2 cm³/mol. The first kappa shape index (κ1) is 11.8. The number of carbonyl (C=O) groups excluding carboxylic acids is 1. The van der Waals surface area contributed by atoms with Crippen molar-refractivity contribution in [3.8, 4) is 0 Å². The highest BCUT2D eigenvalue weighted by Gasteiger charge is 2.44. The second-order valence-corrected chi connectivity index (χ2v) is 3.48. The van der Waals surface area contributed by atoms with Gasteiger partial charge in [0.25, 0.3) is 5.92 Å². The zero-order valence-corrected chi connectivity index (χ0v) is 8.55. The van der Waals surface area contributed by atoms with Gasteiger partial charge in [-0.1, -0.05) is 6.92 Å². The molecule has 0 bridgehead atoms. The molecule has 1 aromatic rings. The van der Waals surface area contributed by atoms with Crippen molar-refractivity contribution in [2.45, 2.75) is 25.2 Å². The molecule has 0 aromatic carbocycles. The average molecular weight is 217 g/mol. The van der Waals surface area contributed by atoms with Gasteiger partial charge in [-0.15, -0.1) is 0 Å². The van der Waals surface area contributed by atoms with Crippen LogP contribution in [0.1, 0.15) is 41.0 Å². The van der Waals surface area contributed by atoms with Crippen molar-refractivity contribution in [3.05, 3.63) is 23.0 Å². The molecule has 3 nitrogen and oxygen atoms in total. The molecular weight excluding hydrogens is 204 g/mol. The number of aliphatic hydroxyl groups is 1. The SMILES string of the molecule is CC1CC(F)(F)c2[nH]c(C=O)cc21.CO. The topological polar surface area (TPSA) is 53.1 Å². The first-order valence-corrected chi connectivity index (χ1v) is 4.55. The van der Waals surface area contributed by atoms with Gasteiger partial charge in [0.2, 0.25) is 0 Å². The third-order valence-corrected chi connectivity index (χ3v) is 2.46. The fourth-order valence-corrected chi connectivity index (χ4v) is 1.84.